The molecule has 0 radical (unpaired) electrons. The van der Waals surface area contributed by atoms with Gasteiger partial charge in [-0.2, -0.15) is 4.98 Å². The molecule has 3 heterocycles. The maximum absolute atomic E-state index is 13.1. The zero-order chi connectivity index (χ0) is 22.1. The molecular formula is C25H25N3O4. The minimum Gasteiger partial charge on any atom is -0.497 e. The summed E-state index contributed by atoms with van der Waals surface area (Å²) in [6.45, 7) is 3.39. The molecule has 5 rings (SSSR count). The zero-order valence-electron chi connectivity index (χ0n) is 18.2. The van der Waals surface area contributed by atoms with E-state index in [1.807, 2.05) is 54.3 Å². The van der Waals surface area contributed by atoms with Crippen molar-refractivity contribution in [2.45, 2.75) is 26.2 Å². The highest BCUT2D eigenvalue weighted by Crippen LogP contribution is 2.28. The van der Waals surface area contributed by atoms with Crippen LogP contribution in [0.1, 0.15) is 34.9 Å². The van der Waals surface area contributed by atoms with Crippen molar-refractivity contribution in [3.63, 3.8) is 0 Å². The molecule has 0 spiro atoms. The summed E-state index contributed by atoms with van der Waals surface area (Å²) < 4.78 is 16.6. The summed E-state index contributed by atoms with van der Waals surface area (Å²) in [5.41, 5.74) is 2.76. The van der Waals surface area contributed by atoms with Crippen LogP contribution in [0.4, 0.5) is 0 Å². The van der Waals surface area contributed by atoms with Crippen LogP contribution in [0.15, 0.2) is 57.5 Å². The van der Waals surface area contributed by atoms with Crippen molar-refractivity contribution in [1.29, 1.82) is 0 Å². The van der Waals surface area contributed by atoms with E-state index in [0.29, 0.717) is 42.6 Å². The Bertz CT molecular complexity index is 1260. The van der Waals surface area contributed by atoms with Crippen molar-refractivity contribution in [3.8, 4) is 17.1 Å². The molecule has 1 fully saturated rings. The van der Waals surface area contributed by atoms with Gasteiger partial charge in [0.05, 0.1) is 7.11 Å². The maximum atomic E-state index is 13.1. The molecule has 32 heavy (non-hydrogen) atoms. The van der Waals surface area contributed by atoms with Gasteiger partial charge >= 0.3 is 0 Å². The Kier molecular flexibility index (Phi) is 5.39. The molecular weight excluding hydrogens is 406 g/mol. The third-order valence-electron chi connectivity index (χ3n) is 6.06. The number of furan rings is 1. The normalized spacial score (nSPS) is 16.4. The van der Waals surface area contributed by atoms with Gasteiger partial charge in [0.2, 0.25) is 11.7 Å². The van der Waals surface area contributed by atoms with E-state index in [1.54, 1.807) is 13.2 Å². The van der Waals surface area contributed by atoms with Gasteiger partial charge in [-0.1, -0.05) is 29.4 Å². The number of ether oxygens (including phenoxy) is 1. The summed E-state index contributed by atoms with van der Waals surface area (Å²) in [4.78, 5) is 19.6. The van der Waals surface area contributed by atoms with Gasteiger partial charge in [-0.3, -0.25) is 4.79 Å². The predicted octanol–water partition coefficient (Wildman–Crippen LogP) is 4.89. The second-order valence-corrected chi connectivity index (χ2v) is 8.30. The van der Waals surface area contributed by atoms with E-state index in [2.05, 4.69) is 10.1 Å². The highest BCUT2D eigenvalue weighted by atomic mass is 16.5. The third-order valence-corrected chi connectivity index (χ3v) is 6.06. The Labute approximate surface area is 186 Å². The van der Waals surface area contributed by atoms with Crippen LogP contribution in [0.25, 0.3) is 22.4 Å². The fourth-order valence-electron chi connectivity index (χ4n) is 4.34. The molecule has 0 N–H and O–H groups in total. The Balaban J connectivity index is 1.28. The van der Waals surface area contributed by atoms with E-state index in [-0.39, 0.29) is 11.8 Å². The summed E-state index contributed by atoms with van der Waals surface area (Å²) in [6.07, 6.45) is 2.60. The first-order valence-electron chi connectivity index (χ1n) is 10.9. The molecule has 0 saturated carbocycles. The Morgan fingerprint density at radius 3 is 2.94 bits per heavy atom. The molecule has 7 heteroatoms. The molecule has 164 valence electrons. The number of piperidine rings is 1. The number of carbonyl (C=O) groups excluding carboxylic acids is 1. The summed E-state index contributed by atoms with van der Waals surface area (Å²) in [5, 5.41) is 5.02. The van der Waals surface area contributed by atoms with Crippen molar-refractivity contribution < 1.29 is 18.5 Å². The molecule has 1 amide bonds. The Hall–Kier alpha value is -3.61. The highest BCUT2D eigenvalue weighted by Gasteiger charge is 2.28. The van der Waals surface area contributed by atoms with Gasteiger partial charge in [0.1, 0.15) is 11.3 Å². The molecule has 0 aliphatic carbocycles. The fourth-order valence-corrected chi connectivity index (χ4v) is 4.34. The van der Waals surface area contributed by atoms with Gasteiger partial charge in [-0.15, -0.1) is 0 Å². The number of likely N-dealkylation sites (tertiary alicyclic amines) is 1. The number of hydrogen-bond acceptors (Lipinski definition) is 6. The smallest absolute Gasteiger partial charge is 0.289 e. The number of fused-ring (bicyclic) bond motifs is 1. The second kappa shape index (κ2) is 8.49. The van der Waals surface area contributed by atoms with Gasteiger partial charge in [-0.05, 0) is 55.5 Å². The van der Waals surface area contributed by atoms with Crippen molar-refractivity contribution in [1.82, 2.24) is 15.0 Å². The number of amides is 1. The van der Waals surface area contributed by atoms with E-state index in [9.17, 15) is 4.79 Å². The van der Waals surface area contributed by atoms with Crippen LogP contribution >= 0.6 is 0 Å². The summed E-state index contributed by atoms with van der Waals surface area (Å²) in [7, 11) is 1.62. The van der Waals surface area contributed by atoms with Gasteiger partial charge in [-0.25, -0.2) is 0 Å². The first-order chi connectivity index (χ1) is 15.6. The van der Waals surface area contributed by atoms with Crippen LogP contribution in [-0.4, -0.2) is 41.1 Å². The van der Waals surface area contributed by atoms with Crippen LogP contribution in [0.5, 0.6) is 5.75 Å². The van der Waals surface area contributed by atoms with Crippen LogP contribution in [-0.2, 0) is 6.42 Å². The number of benzene rings is 2. The lowest BCUT2D eigenvalue weighted by Crippen LogP contribution is -2.40. The molecule has 4 aromatic rings. The van der Waals surface area contributed by atoms with E-state index in [0.717, 1.165) is 35.1 Å². The van der Waals surface area contributed by atoms with Crippen LogP contribution in [0.3, 0.4) is 0 Å². The van der Waals surface area contributed by atoms with Crippen molar-refractivity contribution in [2.75, 3.05) is 20.2 Å². The monoisotopic (exact) mass is 431 g/mol. The van der Waals surface area contributed by atoms with E-state index >= 15 is 0 Å². The first kappa shape index (κ1) is 20.3. The lowest BCUT2D eigenvalue weighted by Gasteiger charge is -2.31. The maximum Gasteiger partial charge on any atom is 0.289 e. The second-order valence-electron chi connectivity index (χ2n) is 8.30. The minimum atomic E-state index is -0.0870. The molecule has 1 aliphatic rings. The molecule has 1 atom stereocenters. The van der Waals surface area contributed by atoms with E-state index in [4.69, 9.17) is 13.7 Å². The van der Waals surface area contributed by atoms with Crippen LogP contribution in [0, 0.1) is 12.8 Å². The molecule has 2 aromatic heterocycles. The number of aryl methyl sites for hydroxylation is 1. The van der Waals surface area contributed by atoms with Gasteiger partial charge < -0.3 is 18.6 Å². The number of carbonyl (C=O) groups is 1. The Morgan fingerprint density at radius 1 is 1.22 bits per heavy atom. The number of hydrogen-bond donors (Lipinski definition) is 0. The van der Waals surface area contributed by atoms with Gasteiger partial charge in [0.25, 0.3) is 5.91 Å². The molecule has 0 bridgehead atoms. The van der Waals surface area contributed by atoms with Gasteiger partial charge in [0.15, 0.2) is 5.76 Å². The van der Waals surface area contributed by atoms with E-state index < -0.39 is 0 Å². The lowest BCUT2D eigenvalue weighted by molar-refractivity contribution is 0.0638. The first-order valence-corrected chi connectivity index (χ1v) is 10.9. The average Bonchev–Trinajstić information content (AvgIpc) is 3.45. The summed E-state index contributed by atoms with van der Waals surface area (Å²) >= 11 is 0. The fraction of sp³-hybridized carbons (Fsp3) is 0.320. The quantitative estimate of drug-likeness (QED) is 0.447. The molecule has 1 saturated heterocycles. The standard InChI is InChI=1S/C25H25N3O4/c1-16-6-3-4-8-20(16)24-26-23(32-27-24)12-17-7-5-11-28(15-17)25(29)22-14-18-13-19(30-2)9-10-21(18)31-22/h3-4,6,8-10,13-14,17H,5,7,11-12,15H2,1-2H3. The number of aromatic nitrogens is 2. The lowest BCUT2D eigenvalue weighted by atomic mass is 9.94. The van der Waals surface area contributed by atoms with Crippen molar-refractivity contribution >= 4 is 16.9 Å². The van der Waals surface area contributed by atoms with E-state index in [1.165, 1.54) is 0 Å². The topological polar surface area (TPSA) is 81.6 Å². The van der Waals surface area contributed by atoms with Crippen molar-refractivity contribution in [3.05, 3.63) is 65.7 Å². The number of methoxy groups -OCH3 is 1. The molecule has 2 aromatic carbocycles. The average molecular weight is 431 g/mol. The molecule has 1 aliphatic heterocycles. The van der Waals surface area contributed by atoms with Crippen molar-refractivity contribution in [2.24, 2.45) is 5.92 Å². The van der Waals surface area contributed by atoms with Crippen LogP contribution in [0.2, 0.25) is 0 Å². The van der Waals surface area contributed by atoms with Crippen LogP contribution < -0.4 is 4.74 Å². The molecule has 1 unspecified atom stereocenters. The minimum absolute atomic E-state index is 0.0870. The number of rotatable bonds is 5. The number of nitrogens with zero attached hydrogens (tertiary/aromatic N) is 3. The summed E-state index contributed by atoms with van der Waals surface area (Å²) in [6, 6.07) is 15.3. The zero-order valence-corrected chi connectivity index (χ0v) is 18.2. The molecule has 7 nitrogen and oxygen atoms in total. The highest BCUT2D eigenvalue weighted by molar-refractivity contribution is 5.96. The third kappa shape index (κ3) is 3.98. The predicted molar refractivity (Wildman–Crippen MR) is 120 cm³/mol. The Morgan fingerprint density at radius 2 is 2.09 bits per heavy atom. The summed E-state index contributed by atoms with van der Waals surface area (Å²) in [5.74, 6) is 2.49. The van der Waals surface area contributed by atoms with Gasteiger partial charge in [0, 0.05) is 30.5 Å². The SMILES string of the molecule is COc1ccc2oc(C(=O)N3CCCC(Cc4nc(-c5ccccc5C)no4)C3)cc2c1. The largest absolute Gasteiger partial charge is 0.497 e.